The maximum Gasteiger partial charge on any atom is 0.305 e. The number of benzene rings is 1. The van der Waals surface area contributed by atoms with Crippen LogP contribution < -0.4 is 0 Å². The molecule has 0 fully saturated rings. The van der Waals surface area contributed by atoms with Crippen LogP contribution in [0, 0.1) is 0 Å². The van der Waals surface area contributed by atoms with Crippen molar-refractivity contribution in [2.24, 2.45) is 0 Å². The Bertz CT molecular complexity index is 830. The van der Waals surface area contributed by atoms with Gasteiger partial charge in [-0.15, -0.1) is 0 Å². The molecule has 0 aliphatic heterocycles. The highest BCUT2D eigenvalue weighted by Gasteiger charge is 2.15. The third-order valence-corrected chi connectivity index (χ3v) is 4.87. The first-order valence-corrected chi connectivity index (χ1v) is 8.32. The van der Waals surface area contributed by atoms with E-state index >= 15 is 0 Å². The second-order valence-corrected chi connectivity index (χ2v) is 6.48. The first-order valence-electron chi connectivity index (χ1n) is 7.13. The molecule has 0 saturated heterocycles. The lowest BCUT2D eigenvalue weighted by molar-refractivity contribution is -0.140. The smallest absolute Gasteiger partial charge is 0.305 e. The number of methoxy groups -OCH3 is 1. The number of rotatable bonds is 5. The number of nitrogens with one attached hydrogen (secondary N) is 1. The molecule has 1 N–H and O–H groups in total. The molecule has 6 heteroatoms. The number of aryl methyl sites for hydroxylation is 1. The molecule has 1 aromatic carbocycles. The fourth-order valence-corrected chi connectivity index (χ4v) is 3.48. The summed E-state index contributed by atoms with van der Waals surface area (Å²) in [6.45, 7) is 0. The standard InChI is InChI=1S/C17H15ClN2O2S/c1-22-15(21)9-8-14-16(13-3-2-10-19-17(13)20-14)23-12-6-4-11(18)5-7-12/h2-7,10H,8-9H2,1H3,(H,19,20). The molecule has 0 aliphatic rings. The van der Waals surface area contributed by atoms with Crippen molar-refractivity contribution in [1.82, 2.24) is 9.97 Å². The minimum atomic E-state index is -0.223. The summed E-state index contributed by atoms with van der Waals surface area (Å²) in [4.78, 5) is 21.3. The van der Waals surface area contributed by atoms with Crippen molar-refractivity contribution in [2.45, 2.75) is 22.6 Å². The first-order chi connectivity index (χ1) is 11.2. The van der Waals surface area contributed by atoms with Gasteiger partial charge in [0.2, 0.25) is 0 Å². The molecule has 0 saturated carbocycles. The Labute approximate surface area is 143 Å². The average Bonchev–Trinajstić information content (AvgIpc) is 2.92. The summed E-state index contributed by atoms with van der Waals surface area (Å²) in [7, 11) is 1.40. The van der Waals surface area contributed by atoms with E-state index in [2.05, 4.69) is 9.97 Å². The zero-order chi connectivity index (χ0) is 16.2. The molecule has 0 radical (unpaired) electrons. The maximum atomic E-state index is 11.4. The summed E-state index contributed by atoms with van der Waals surface area (Å²) in [6, 6.07) is 11.6. The van der Waals surface area contributed by atoms with Crippen molar-refractivity contribution in [3.8, 4) is 0 Å². The highest BCUT2D eigenvalue weighted by molar-refractivity contribution is 7.99. The van der Waals surface area contributed by atoms with Gasteiger partial charge in [-0.05, 0) is 42.8 Å². The van der Waals surface area contributed by atoms with Crippen molar-refractivity contribution in [3.05, 3.63) is 53.3 Å². The monoisotopic (exact) mass is 346 g/mol. The summed E-state index contributed by atoms with van der Waals surface area (Å²) < 4.78 is 4.73. The minimum absolute atomic E-state index is 0.223. The van der Waals surface area contributed by atoms with Crippen molar-refractivity contribution in [2.75, 3.05) is 7.11 Å². The molecule has 2 heterocycles. The van der Waals surface area contributed by atoms with Gasteiger partial charge < -0.3 is 9.72 Å². The summed E-state index contributed by atoms with van der Waals surface area (Å²) in [5.41, 5.74) is 1.81. The van der Waals surface area contributed by atoms with E-state index in [9.17, 15) is 4.79 Å². The van der Waals surface area contributed by atoms with Crippen LogP contribution >= 0.6 is 23.4 Å². The molecular formula is C17H15ClN2O2S. The number of carbonyl (C=O) groups is 1. The molecule has 0 aliphatic carbocycles. The van der Waals surface area contributed by atoms with Crippen LogP contribution in [0.15, 0.2) is 52.4 Å². The Morgan fingerprint density at radius 2 is 2.09 bits per heavy atom. The number of aromatic amines is 1. The number of hydrogen-bond donors (Lipinski definition) is 1. The summed E-state index contributed by atoms with van der Waals surface area (Å²) in [6.07, 6.45) is 2.66. The van der Waals surface area contributed by atoms with Crippen molar-refractivity contribution in [1.29, 1.82) is 0 Å². The van der Waals surface area contributed by atoms with Crippen molar-refractivity contribution in [3.63, 3.8) is 0 Å². The van der Waals surface area contributed by atoms with Crippen LogP contribution in [0.3, 0.4) is 0 Å². The second kappa shape index (κ2) is 7.06. The zero-order valence-corrected chi connectivity index (χ0v) is 14.1. The molecule has 118 valence electrons. The highest BCUT2D eigenvalue weighted by atomic mass is 35.5. The van der Waals surface area contributed by atoms with Gasteiger partial charge in [0.25, 0.3) is 0 Å². The Kier molecular flexibility index (Phi) is 4.88. The minimum Gasteiger partial charge on any atom is -0.469 e. The number of H-pyrrole nitrogens is 1. The van der Waals surface area contributed by atoms with Gasteiger partial charge in [-0.1, -0.05) is 23.4 Å². The van der Waals surface area contributed by atoms with E-state index in [4.69, 9.17) is 16.3 Å². The van der Waals surface area contributed by atoms with Crippen LogP contribution in [0.4, 0.5) is 0 Å². The predicted octanol–water partition coefficient (Wildman–Crippen LogP) is 4.47. The number of aromatic nitrogens is 2. The Morgan fingerprint density at radius 1 is 1.30 bits per heavy atom. The highest BCUT2D eigenvalue weighted by Crippen LogP contribution is 2.37. The molecule has 2 aromatic heterocycles. The molecule has 0 bridgehead atoms. The molecule has 3 aromatic rings. The van der Waals surface area contributed by atoms with Gasteiger partial charge >= 0.3 is 5.97 Å². The van der Waals surface area contributed by atoms with E-state index in [1.54, 1.807) is 18.0 Å². The van der Waals surface area contributed by atoms with Crippen LogP contribution in [-0.4, -0.2) is 23.0 Å². The molecule has 4 nitrogen and oxygen atoms in total. The quantitative estimate of drug-likeness (QED) is 0.692. The Balaban J connectivity index is 1.95. The molecule has 3 rings (SSSR count). The number of halogens is 1. The van der Waals surface area contributed by atoms with Crippen LogP contribution in [0.1, 0.15) is 12.1 Å². The lowest BCUT2D eigenvalue weighted by Gasteiger charge is -2.05. The summed E-state index contributed by atoms with van der Waals surface area (Å²) in [5, 5.41) is 1.76. The van der Waals surface area contributed by atoms with Gasteiger partial charge in [-0.3, -0.25) is 4.79 Å². The zero-order valence-electron chi connectivity index (χ0n) is 12.5. The van der Waals surface area contributed by atoms with Crippen LogP contribution in [0.25, 0.3) is 11.0 Å². The number of ether oxygens (including phenoxy) is 1. The first kappa shape index (κ1) is 15.9. The van der Waals surface area contributed by atoms with E-state index < -0.39 is 0 Å². The molecule has 0 spiro atoms. The predicted molar refractivity (Wildman–Crippen MR) is 92.0 cm³/mol. The van der Waals surface area contributed by atoms with E-state index in [1.807, 2.05) is 36.4 Å². The average molecular weight is 347 g/mol. The topological polar surface area (TPSA) is 55.0 Å². The number of fused-ring (bicyclic) bond motifs is 1. The third kappa shape index (κ3) is 3.68. The number of pyridine rings is 1. The largest absolute Gasteiger partial charge is 0.469 e. The maximum absolute atomic E-state index is 11.4. The number of hydrogen-bond acceptors (Lipinski definition) is 4. The molecule has 23 heavy (non-hydrogen) atoms. The number of esters is 1. The van der Waals surface area contributed by atoms with E-state index in [-0.39, 0.29) is 5.97 Å². The van der Waals surface area contributed by atoms with Crippen molar-refractivity contribution < 1.29 is 9.53 Å². The van der Waals surface area contributed by atoms with Gasteiger partial charge in [0.1, 0.15) is 5.65 Å². The third-order valence-electron chi connectivity index (χ3n) is 3.44. The Hall–Kier alpha value is -1.98. The summed E-state index contributed by atoms with van der Waals surface area (Å²) >= 11 is 7.58. The Morgan fingerprint density at radius 3 is 2.83 bits per heavy atom. The van der Waals surface area contributed by atoms with E-state index in [1.165, 1.54) is 7.11 Å². The fraction of sp³-hybridized carbons (Fsp3) is 0.176. The normalized spacial score (nSPS) is 10.9. The van der Waals surface area contributed by atoms with Gasteiger partial charge in [-0.2, -0.15) is 0 Å². The summed E-state index contributed by atoms with van der Waals surface area (Å²) in [5.74, 6) is -0.223. The van der Waals surface area contributed by atoms with Gasteiger partial charge in [0.15, 0.2) is 0 Å². The molecule has 0 unspecified atom stereocenters. The number of carbonyl (C=O) groups excluding carboxylic acids is 1. The van der Waals surface area contributed by atoms with Gasteiger partial charge in [0.05, 0.1) is 13.5 Å². The van der Waals surface area contributed by atoms with Gasteiger partial charge in [-0.25, -0.2) is 4.98 Å². The van der Waals surface area contributed by atoms with Crippen LogP contribution in [-0.2, 0) is 16.0 Å². The van der Waals surface area contributed by atoms with Crippen LogP contribution in [0.2, 0.25) is 5.02 Å². The van der Waals surface area contributed by atoms with E-state index in [0.29, 0.717) is 17.9 Å². The van der Waals surface area contributed by atoms with Crippen molar-refractivity contribution >= 4 is 40.4 Å². The molecule has 0 amide bonds. The van der Waals surface area contributed by atoms with Crippen LogP contribution in [0.5, 0.6) is 0 Å². The van der Waals surface area contributed by atoms with Gasteiger partial charge in [0, 0.05) is 32.1 Å². The van der Waals surface area contributed by atoms with E-state index in [0.717, 1.165) is 26.5 Å². The number of nitrogens with zero attached hydrogens (tertiary/aromatic N) is 1. The second-order valence-electron chi connectivity index (χ2n) is 4.96. The SMILES string of the molecule is COC(=O)CCc1[nH]c2ncccc2c1Sc1ccc(Cl)cc1. The molecule has 0 atom stereocenters. The lowest BCUT2D eigenvalue weighted by Crippen LogP contribution is -2.02. The fourth-order valence-electron chi connectivity index (χ4n) is 2.29. The lowest BCUT2D eigenvalue weighted by atomic mass is 10.2. The molecular weight excluding hydrogens is 332 g/mol.